The molecule has 1 aromatic carbocycles. The molecule has 16 heavy (non-hydrogen) atoms. The molecule has 0 saturated heterocycles. The average Bonchev–Trinajstić information content (AvgIpc) is 2.20. The number of aryl methyl sites for hydroxylation is 2. The predicted molar refractivity (Wildman–Crippen MR) is 61.9 cm³/mol. The van der Waals surface area contributed by atoms with Gasteiger partial charge in [-0.05, 0) is 37.1 Å². The molecule has 0 bridgehead atoms. The molecule has 3 nitrogen and oxygen atoms in total. The van der Waals surface area contributed by atoms with Crippen LogP contribution < -0.4 is 4.74 Å². The second-order valence-electron chi connectivity index (χ2n) is 3.78. The lowest BCUT2D eigenvalue weighted by atomic mass is 10.2. The van der Waals surface area contributed by atoms with Crippen molar-refractivity contribution in [2.45, 2.75) is 13.8 Å². The molecule has 0 spiro atoms. The van der Waals surface area contributed by atoms with E-state index in [4.69, 9.17) is 4.74 Å². The summed E-state index contributed by atoms with van der Waals surface area (Å²) in [6.45, 7) is 3.87. The summed E-state index contributed by atoms with van der Waals surface area (Å²) >= 11 is 0. The van der Waals surface area contributed by atoms with E-state index in [2.05, 4.69) is 4.98 Å². The van der Waals surface area contributed by atoms with Crippen LogP contribution in [0.3, 0.4) is 0 Å². The molecule has 2 aromatic rings. The summed E-state index contributed by atoms with van der Waals surface area (Å²) in [5.74, 6) is 1.31. The van der Waals surface area contributed by atoms with Crippen molar-refractivity contribution < 1.29 is 9.84 Å². The van der Waals surface area contributed by atoms with E-state index < -0.39 is 0 Å². The first-order chi connectivity index (χ1) is 7.63. The highest BCUT2D eigenvalue weighted by Gasteiger charge is 2.01. The zero-order valence-corrected chi connectivity index (χ0v) is 9.27. The summed E-state index contributed by atoms with van der Waals surface area (Å²) in [4.78, 5) is 4.13. The van der Waals surface area contributed by atoms with Crippen LogP contribution in [0, 0.1) is 13.8 Å². The van der Waals surface area contributed by atoms with Gasteiger partial charge in [0.25, 0.3) is 0 Å². The Morgan fingerprint density at radius 3 is 2.50 bits per heavy atom. The van der Waals surface area contributed by atoms with Crippen LogP contribution in [0.25, 0.3) is 0 Å². The molecule has 0 radical (unpaired) electrons. The third-order valence-electron chi connectivity index (χ3n) is 2.14. The first-order valence-electron chi connectivity index (χ1n) is 5.05. The number of aromatic nitrogens is 1. The van der Waals surface area contributed by atoms with Crippen molar-refractivity contribution in [3.63, 3.8) is 0 Å². The van der Waals surface area contributed by atoms with Gasteiger partial charge in [-0.15, -0.1) is 0 Å². The largest absolute Gasteiger partial charge is 0.508 e. The van der Waals surface area contributed by atoms with Crippen molar-refractivity contribution in [1.29, 1.82) is 0 Å². The van der Waals surface area contributed by atoms with Crippen molar-refractivity contribution in [3.8, 4) is 17.4 Å². The molecule has 0 aliphatic carbocycles. The van der Waals surface area contributed by atoms with Crippen LogP contribution in [-0.4, -0.2) is 10.1 Å². The Hall–Kier alpha value is -2.03. The van der Waals surface area contributed by atoms with E-state index in [1.807, 2.05) is 26.0 Å². The fraction of sp³-hybridized carbons (Fsp3) is 0.154. The van der Waals surface area contributed by atoms with Crippen LogP contribution in [0.1, 0.15) is 11.1 Å². The topological polar surface area (TPSA) is 42.4 Å². The normalized spacial score (nSPS) is 10.1. The van der Waals surface area contributed by atoms with Crippen LogP contribution >= 0.6 is 0 Å². The summed E-state index contributed by atoms with van der Waals surface area (Å²) in [5, 5.41) is 9.42. The third-order valence-corrected chi connectivity index (χ3v) is 2.14. The van der Waals surface area contributed by atoms with Crippen molar-refractivity contribution >= 4 is 0 Å². The number of phenols is 1. The van der Waals surface area contributed by atoms with Gasteiger partial charge in [-0.3, -0.25) is 0 Å². The monoisotopic (exact) mass is 215 g/mol. The maximum atomic E-state index is 9.42. The lowest BCUT2D eigenvalue weighted by molar-refractivity contribution is 0.444. The summed E-state index contributed by atoms with van der Waals surface area (Å²) < 4.78 is 5.52. The van der Waals surface area contributed by atoms with Gasteiger partial charge in [0.1, 0.15) is 11.5 Å². The number of pyridine rings is 1. The van der Waals surface area contributed by atoms with Gasteiger partial charge in [-0.25, -0.2) is 4.98 Å². The van der Waals surface area contributed by atoms with Crippen LogP contribution in [0.5, 0.6) is 17.4 Å². The van der Waals surface area contributed by atoms with Gasteiger partial charge in [0.2, 0.25) is 5.88 Å². The van der Waals surface area contributed by atoms with Crippen molar-refractivity contribution in [1.82, 2.24) is 4.98 Å². The first-order valence-corrected chi connectivity index (χ1v) is 5.05. The van der Waals surface area contributed by atoms with Crippen LogP contribution in [-0.2, 0) is 0 Å². The van der Waals surface area contributed by atoms with E-state index in [9.17, 15) is 5.11 Å². The van der Waals surface area contributed by atoms with Gasteiger partial charge in [-0.2, -0.15) is 0 Å². The molecule has 0 unspecified atom stereocenters. The minimum atomic E-state index is 0.196. The number of rotatable bonds is 2. The van der Waals surface area contributed by atoms with Gasteiger partial charge in [0.15, 0.2) is 0 Å². The second kappa shape index (κ2) is 4.23. The zero-order valence-electron chi connectivity index (χ0n) is 9.27. The van der Waals surface area contributed by atoms with E-state index in [0.29, 0.717) is 11.6 Å². The Morgan fingerprint density at radius 1 is 1.06 bits per heavy atom. The minimum Gasteiger partial charge on any atom is -0.508 e. The second-order valence-corrected chi connectivity index (χ2v) is 3.78. The molecular formula is C13H13NO2. The number of hydrogen-bond acceptors (Lipinski definition) is 3. The molecular weight excluding hydrogens is 202 g/mol. The third kappa shape index (κ3) is 2.51. The van der Waals surface area contributed by atoms with Gasteiger partial charge in [0, 0.05) is 18.3 Å². The molecule has 0 atom stereocenters. The number of ether oxygens (including phenoxy) is 1. The van der Waals surface area contributed by atoms with E-state index in [1.165, 1.54) is 0 Å². The number of hydrogen-bond donors (Lipinski definition) is 1. The predicted octanol–water partition coefficient (Wildman–Crippen LogP) is 3.20. The van der Waals surface area contributed by atoms with Gasteiger partial charge >= 0.3 is 0 Å². The SMILES string of the molecule is Cc1ccc(Oc2cc(C)cc(O)c2)nc1. The minimum absolute atomic E-state index is 0.196. The van der Waals surface area contributed by atoms with Gasteiger partial charge in [-0.1, -0.05) is 6.07 Å². The highest BCUT2D eigenvalue weighted by molar-refractivity contribution is 5.38. The molecule has 0 saturated carbocycles. The highest BCUT2D eigenvalue weighted by Crippen LogP contribution is 2.25. The highest BCUT2D eigenvalue weighted by atomic mass is 16.5. The van der Waals surface area contributed by atoms with E-state index >= 15 is 0 Å². The zero-order chi connectivity index (χ0) is 11.5. The van der Waals surface area contributed by atoms with Crippen LogP contribution in [0.15, 0.2) is 36.5 Å². The lowest BCUT2D eigenvalue weighted by Crippen LogP contribution is -1.88. The molecule has 82 valence electrons. The number of phenolic OH excluding ortho intramolecular Hbond substituents is 1. The molecule has 2 rings (SSSR count). The van der Waals surface area contributed by atoms with E-state index in [-0.39, 0.29) is 5.75 Å². The van der Waals surface area contributed by atoms with E-state index in [1.54, 1.807) is 24.4 Å². The summed E-state index contributed by atoms with van der Waals surface area (Å²) in [6.07, 6.45) is 1.74. The Kier molecular flexibility index (Phi) is 2.77. The smallest absolute Gasteiger partial charge is 0.219 e. The molecule has 3 heteroatoms. The summed E-state index contributed by atoms with van der Waals surface area (Å²) in [6, 6.07) is 8.82. The molecule has 0 fully saturated rings. The quantitative estimate of drug-likeness (QED) is 0.836. The molecule has 1 N–H and O–H groups in total. The number of benzene rings is 1. The maximum absolute atomic E-state index is 9.42. The molecule has 1 aromatic heterocycles. The van der Waals surface area contributed by atoms with Gasteiger partial charge < -0.3 is 9.84 Å². The first kappa shape index (κ1) is 10.5. The van der Waals surface area contributed by atoms with Crippen LogP contribution in [0.2, 0.25) is 0 Å². The molecule has 0 amide bonds. The fourth-order valence-corrected chi connectivity index (χ4v) is 1.42. The Bertz CT molecular complexity index is 472. The van der Waals surface area contributed by atoms with Gasteiger partial charge in [0.05, 0.1) is 0 Å². The number of aromatic hydroxyl groups is 1. The standard InChI is InChI=1S/C13H13NO2/c1-9-3-4-13(14-8-9)16-12-6-10(2)5-11(15)7-12/h3-8,15H,1-2H3. The molecule has 0 aliphatic rings. The van der Waals surface area contributed by atoms with Crippen molar-refractivity contribution in [2.24, 2.45) is 0 Å². The average molecular weight is 215 g/mol. The lowest BCUT2D eigenvalue weighted by Gasteiger charge is -2.06. The van der Waals surface area contributed by atoms with Crippen molar-refractivity contribution in [2.75, 3.05) is 0 Å². The summed E-state index contributed by atoms with van der Waals surface area (Å²) in [5.41, 5.74) is 2.03. The maximum Gasteiger partial charge on any atom is 0.219 e. The Labute approximate surface area is 94.3 Å². The Morgan fingerprint density at radius 2 is 1.88 bits per heavy atom. The Balaban J connectivity index is 2.23. The van der Waals surface area contributed by atoms with E-state index in [0.717, 1.165) is 11.1 Å². The summed E-state index contributed by atoms with van der Waals surface area (Å²) in [7, 11) is 0. The number of nitrogens with zero attached hydrogens (tertiary/aromatic N) is 1. The molecule has 1 heterocycles. The fourth-order valence-electron chi connectivity index (χ4n) is 1.42. The van der Waals surface area contributed by atoms with Crippen molar-refractivity contribution in [3.05, 3.63) is 47.7 Å². The van der Waals surface area contributed by atoms with Crippen LogP contribution in [0.4, 0.5) is 0 Å². The molecule has 0 aliphatic heterocycles.